The lowest BCUT2D eigenvalue weighted by Gasteiger charge is -2.15. The molecule has 3 aromatic carbocycles. The lowest BCUT2D eigenvalue weighted by Crippen LogP contribution is -2.20. The molecule has 4 nitrogen and oxygen atoms in total. The molecule has 1 heterocycles. The standard InChI is InChI=1S/C24H17BrFNO3S/c1-16-6-12-19(13-7-16)31(29,30)27-22(17-8-10-18(26)11-9-17)14-15-23(27)24(28)20-4-2-3-5-21(20)25/h2-15H,1H3. The number of hydrogen-bond donors (Lipinski definition) is 0. The molecule has 156 valence electrons. The van der Waals surface area contributed by atoms with Crippen molar-refractivity contribution in [3.05, 3.63) is 112 Å². The van der Waals surface area contributed by atoms with E-state index in [0.717, 1.165) is 9.54 Å². The Labute approximate surface area is 188 Å². The van der Waals surface area contributed by atoms with Gasteiger partial charge in [-0.15, -0.1) is 0 Å². The minimum atomic E-state index is -4.11. The van der Waals surface area contributed by atoms with E-state index in [1.807, 2.05) is 6.92 Å². The third-order valence-corrected chi connectivity index (χ3v) is 7.32. The van der Waals surface area contributed by atoms with E-state index in [9.17, 15) is 17.6 Å². The summed E-state index contributed by atoms with van der Waals surface area (Å²) in [7, 11) is -4.11. The summed E-state index contributed by atoms with van der Waals surface area (Å²) < 4.78 is 42.3. The molecular weight excluding hydrogens is 481 g/mol. The quantitative estimate of drug-likeness (QED) is 0.325. The Bertz CT molecular complexity index is 1380. The van der Waals surface area contributed by atoms with Gasteiger partial charge in [0.15, 0.2) is 0 Å². The fourth-order valence-corrected chi connectivity index (χ4v) is 5.27. The van der Waals surface area contributed by atoms with Gasteiger partial charge < -0.3 is 0 Å². The van der Waals surface area contributed by atoms with E-state index >= 15 is 0 Å². The SMILES string of the molecule is Cc1ccc(S(=O)(=O)n2c(C(=O)c3ccccc3Br)ccc2-c2ccc(F)cc2)cc1. The highest BCUT2D eigenvalue weighted by Gasteiger charge is 2.28. The molecule has 0 spiro atoms. The number of rotatable bonds is 5. The molecule has 0 saturated heterocycles. The average molecular weight is 498 g/mol. The first-order valence-corrected chi connectivity index (χ1v) is 11.6. The van der Waals surface area contributed by atoms with Gasteiger partial charge in [-0.1, -0.05) is 45.8 Å². The molecule has 7 heteroatoms. The van der Waals surface area contributed by atoms with Gasteiger partial charge in [0.05, 0.1) is 10.6 Å². The van der Waals surface area contributed by atoms with Crippen LogP contribution in [0.3, 0.4) is 0 Å². The van der Waals surface area contributed by atoms with Gasteiger partial charge in [-0.05, 0) is 73.2 Å². The lowest BCUT2D eigenvalue weighted by atomic mass is 10.1. The van der Waals surface area contributed by atoms with Gasteiger partial charge in [0.1, 0.15) is 11.5 Å². The van der Waals surface area contributed by atoms with Gasteiger partial charge in [0, 0.05) is 10.0 Å². The molecule has 0 bridgehead atoms. The summed E-state index contributed by atoms with van der Waals surface area (Å²) in [6.45, 7) is 1.86. The van der Waals surface area contributed by atoms with Gasteiger partial charge in [-0.2, -0.15) is 0 Å². The van der Waals surface area contributed by atoms with Crippen molar-refractivity contribution in [2.75, 3.05) is 0 Å². The van der Waals surface area contributed by atoms with Crippen LogP contribution in [0.2, 0.25) is 0 Å². The maximum absolute atomic E-state index is 13.6. The van der Waals surface area contributed by atoms with Crippen molar-refractivity contribution in [3.63, 3.8) is 0 Å². The van der Waals surface area contributed by atoms with Crippen molar-refractivity contribution in [1.29, 1.82) is 0 Å². The summed E-state index contributed by atoms with van der Waals surface area (Å²) in [6, 6.07) is 21.7. The Balaban J connectivity index is 1.97. The number of carbonyl (C=O) groups excluding carboxylic acids is 1. The van der Waals surface area contributed by atoms with Crippen molar-refractivity contribution >= 4 is 31.7 Å². The number of carbonyl (C=O) groups is 1. The first-order chi connectivity index (χ1) is 14.8. The topological polar surface area (TPSA) is 56.1 Å². The zero-order valence-corrected chi connectivity index (χ0v) is 18.8. The highest BCUT2D eigenvalue weighted by molar-refractivity contribution is 9.10. The van der Waals surface area contributed by atoms with E-state index in [-0.39, 0.29) is 16.3 Å². The zero-order chi connectivity index (χ0) is 22.2. The van der Waals surface area contributed by atoms with Gasteiger partial charge in [0.25, 0.3) is 10.0 Å². The average Bonchev–Trinajstić information content (AvgIpc) is 3.20. The molecule has 4 rings (SSSR count). The fourth-order valence-electron chi connectivity index (χ4n) is 3.28. The second-order valence-corrected chi connectivity index (χ2v) is 9.64. The van der Waals surface area contributed by atoms with Gasteiger partial charge in [0.2, 0.25) is 5.78 Å². The van der Waals surface area contributed by atoms with Crippen LogP contribution in [0.15, 0.2) is 94.3 Å². The van der Waals surface area contributed by atoms with Crippen molar-refractivity contribution in [1.82, 2.24) is 3.97 Å². The number of hydrogen-bond acceptors (Lipinski definition) is 3. The summed E-state index contributed by atoms with van der Waals surface area (Å²) in [6.07, 6.45) is 0. The minimum absolute atomic E-state index is 0.00759. The lowest BCUT2D eigenvalue weighted by molar-refractivity contribution is 0.103. The molecule has 0 N–H and O–H groups in total. The third kappa shape index (κ3) is 3.98. The molecule has 0 atom stereocenters. The maximum Gasteiger partial charge on any atom is 0.268 e. The Kier molecular flexibility index (Phi) is 5.64. The molecule has 0 aliphatic heterocycles. The van der Waals surface area contributed by atoms with Crippen LogP contribution in [0.1, 0.15) is 21.6 Å². The number of ketones is 1. The van der Waals surface area contributed by atoms with E-state index in [1.165, 1.54) is 42.5 Å². The van der Waals surface area contributed by atoms with E-state index in [1.54, 1.807) is 42.5 Å². The number of aryl methyl sites for hydroxylation is 1. The smallest absolute Gasteiger partial charge is 0.268 e. The number of aromatic nitrogens is 1. The van der Waals surface area contributed by atoms with Gasteiger partial charge >= 0.3 is 0 Å². The van der Waals surface area contributed by atoms with Crippen LogP contribution in [0.4, 0.5) is 4.39 Å². The van der Waals surface area contributed by atoms with Crippen molar-refractivity contribution < 1.29 is 17.6 Å². The van der Waals surface area contributed by atoms with Crippen LogP contribution in [0, 0.1) is 12.7 Å². The molecule has 31 heavy (non-hydrogen) atoms. The molecular formula is C24H17BrFNO3S. The first kappa shape index (κ1) is 21.2. The van der Waals surface area contributed by atoms with Gasteiger partial charge in [-0.25, -0.2) is 16.8 Å². The highest BCUT2D eigenvalue weighted by Crippen LogP contribution is 2.30. The molecule has 0 fully saturated rings. The highest BCUT2D eigenvalue weighted by atomic mass is 79.9. The van der Waals surface area contributed by atoms with Crippen LogP contribution in [0.25, 0.3) is 11.3 Å². The predicted molar refractivity (Wildman–Crippen MR) is 121 cm³/mol. The zero-order valence-electron chi connectivity index (χ0n) is 16.4. The Morgan fingerprint density at radius 3 is 2.16 bits per heavy atom. The summed E-state index contributed by atoms with van der Waals surface area (Å²) in [5.74, 6) is -0.885. The van der Waals surface area contributed by atoms with E-state index in [2.05, 4.69) is 15.9 Å². The number of halogens is 2. The normalized spacial score (nSPS) is 11.5. The van der Waals surface area contributed by atoms with Gasteiger partial charge in [-0.3, -0.25) is 4.79 Å². The van der Waals surface area contributed by atoms with Crippen molar-refractivity contribution in [2.24, 2.45) is 0 Å². The maximum atomic E-state index is 13.6. The summed E-state index contributed by atoms with van der Waals surface area (Å²) in [5.41, 5.74) is 1.99. The molecule has 4 aromatic rings. The van der Waals surface area contributed by atoms with Crippen LogP contribution < -0.4 is 0 Å². The van der Waals surface area contributed by atoms with Crippen LogP contribution >= 0.6 is 15.9 Å². The van der Waals surface area contributed by atoms with Crippen LogP contribution in [-0.2, 0) is 10.0 Å². The van der Waals surface area contributed by atoms with Crippen molar-refractivity contribution in [3.8, 4) is 11.3 Å². The molecule has 0 amide bonds. The Hall–Kier alpha value is -3.03. The summed E-state index contributed by atoms with van der Waals surface area (Å²) in [5, 5.41) is 0. The molecule has 0 radical (unpaired) electrons. The summed E-state index contributed by atoms with van der Waals surface area (Å²) >= 11 is 3.36. The number of benzene rings is 3. The predicted octanol–water partition coefficient (Wildman–Crippen LogP) is 5.83. The van der Waals surface area contributed by atoms with E-state index < -0.39 is 21.6 Å². The summed E-state index contributed by atoms with van der Waals surface area (Å²) in [4.78, 5) is 13.4. The molecule has 0 unspecified atom stereocenters. The van der Waals surface area contributed by atoms with E-state index in [0.29, 0.717) is 15.6 Å². The van der Waals surface area contributed by atoms with Crippen molar-refractivity contribution in [2.45, 2.75) is 11.8 Å². The second kappa shape index (κ2) is 8.24. The monoisotopic (exact) mass is 497 g/mol. The molecule has 0 saturated carbocycles. The molecule has 0 aliphatic rings. The third-order valence-electron chi connectivity index (χ3n) is 4.89. The van der Waals surface area contributed by atoms with E-state index in [4.69, 9.17) is 0 Å². The number of nitrogens with zero attached hydrogens (tertiary/aromatic N) is 1. The van der Waals surface area contributed by atoms with Crippen LogP contribution in [0.5, 0.6) is 0 Å². The van der Waals surface area contributed by atoms with Crippen LogP contribution in [-0.4, -0.2) is 18.2 Å². The first-order valence-electron chi connectivity index (χ1n) is 9.38. The second-order valence-electron chi connectivity index (χ2n) is 7.00. The minimum Gasteiger partial charge on any atom is -0.287 e. The fraction of sp³-hybridized carbons (Fsp3) is 0.0417. The molecule has 0 aliphatic carbocycles. The molecule has 1 aromatic heterocycles. The largest absolute Gasteiger partial charge is 0.287 e. The Morgan fingerprint density at radius 2 is 1.52 bits per heavy atom. The Morgan fingerprint density at radius 1 is 0.871 bits per heavy atom.